The highest BCUT2D eigenvalue weighted by atomic mass is 16.4. The van der Waals surface area contributed by atoms with Gasteiger partial charge in [0.05, 0.1) is 0 Å². The van der Waals surface area contributed by atoms with Crippen LogP contribution in [0.1, 0.15) is 27.2 Å². The van der Waals surface area contributed by atoms with Gasteiger partial charge < -0.3 is 15.3 Å². The molecular formula is C9H16N2O3. The first-order chi connectivity index (χ1) is 6.31. The van der Waals surface area contributed by atoms with Crippen molar-refractivity contribution in [2.24, 2.45) is 0 Å². The summed E-state index contributed by atoms with van der Waals surface area (Å²) in [7, 11) is 0. The molecule has 1 rings (SSSR count). The van der Waals surface area contributed by atoms with E-state index in [2.05, 4.69) is 5.32 Å². The molecule has 2 amide bonds. The highest BCUT2D eigenvalue weighted by molar-refractivity contribution is 5.84. The number of carbonyl (C=O) groups excluding carboxylic acids is 1. The minimum absolute atomic E-state index is 0.295. The SMILES string of the molecule is CC(C)(C)NC(=O)N1CC[C@H]1C(=O)O. The van der Waals surface area contributed by atoms with Crippen molar-refractivity contribution in [3.8, 4) is 0 Å². The molecule has 1 aliphatic heterocycles. The number of aliphatic carboxylic acids is 1. The smallest absolute Gasteiger partial charge is 0.326 e. The van der Waals surface area contributed by atoms with Gasteiger partial charge in [0.1, 0.15) is 6.04 Å². The molecule has 5 heteroatoms. The van der Waals surface area contributed by atoms with E-state index in [1.165, 1.54) is 4.90 Å². The third-order valence-electron chi connectivity index (χ3n) is 2.05. The van der Waals surface area contributed by atoms with E-state index in [-0.39, 0.29) is 11.6 Å². The number of hydrogen-bond donors (Lipinski definition) is 2. The summed E-state index contributed by atoms with van der Waals surface area (Å²) >= 11 is 0. The third-order valence-corrected chi connectivity index (χ3v) is 2.05. The lowest BCUT2D eigenvalue weighted by Crippen LogP contribution is -2.60. The summed E-state index contributed by atoms with van der Waals surface area (Å²) in [5.74, 6) is -0.930. The average molecular weight is 200 g/mol. The van der Waals surface area contributed by atoms with Crippen LogP contribution in [0.15, 0.2) is 0 Å². The molecule has 1 heterocycles. The second-order valence-electron chi connectivity index (χ2n) is 4.52. The van der Waals surface area contributed by atoms with E-state index in [9.17, 15) is 9.59 Å². The van der Waals surface area contributed by atoms with Crippen molar-refractivity contribution in [3.05, 3.63) is 0 Å². The van der Waals surface area contributed by atoms with Crippen LogP contribution >= 0.6 is 0 Å². The molecule has 14 heavy (non-hydrogen) atoms. The van der Waals surface area contributed by atoms with Crippen molar-refractivity contribution < 1.29 is 14.7 Å². The first-order valence-corrected chi connectivity index (χ1v) is 4.63. The zero-order chi connectivity index (χ0) is 10.9. The Balaban J connectivity index is 2.51. The van der Waals surface area contributed by atoms with Crippen LogP contribution in [0.2, 0.25) is 0 Å². The predicted octanol–water partition coefficient (Wildman–Crippen LogP) is 0.653. The monoisotopic (exact) mass is 200 g/mol. The van der Waals surface area contributed by atoms with Crippen LogP contribution in [-0.2, 0) is 4.79 Å². The molecule has 0 aromatic carbocycles. The molecule has 0 aromatic rings. The number of nitrogens with one attached hydrogen (secondary N) is 1. The molecule has 0 bridgehead atoms. The van der Waals surface area contributed by atoms with E-state index in [0.717, 1.165) is 0 Å². The molecule has 0 unspecified atom stereocenters. The lowest BCUT2D eigenvalue weighted by Gasteiger charge is -2.39. The summed E-state index contributed by atoms with van der Waals surface area (Å²) in [5.41, 5.74) is -0.324. The first-order valence-electron chi connectivity index (χ1n) is 4.63. The Bertz CT molecular complexity index is 257. The molecule has 1 atom stereocenters. The van der Waals surface area contributed by atoms with E-state index in [1.54, 1.807) is 0 Å². The number of carboxylic acids is 1. The van der Waals surface area contributed by atoms with Crippen molar-refractivity contribution in [3.63, 3.8) is 0 Å². The average Bonchev–Trinajstić information content (AvgIpc) is 1.75. The fourth-order valence-electron chi connectivity index (χ4n) is 1.28. The van der Waals surface area contributed by atoms with Crippen LogP contribution in [-0.4, -0.2) is 40.1 Å². The fourth-order valence-corrected chi connectivity index (χ4v) is 1.28. The number of nitrogens with zero attached hydrogens (tertiary/aromatic N) is 1. The van der Waals surface area contributed by atoms with Gasteiger partial charge in [-0.1, -0.05) is 0 Å². The quantitative estimate of drug-likeness (QED) is 0.653. The molecule has 0 saturated carbocycles. The normalized spacial score (nSPS) is 21.4. The maximum absolute atomic E-state index is 11.5. The number of likely N-dealkylation sites (tertiary alicyclic amines) is 1. The van der Waals surface area contributed by atoms with Crippen molar-refractivity contribution in [2.75, 3.05) is 6.54 Å². The van der Waals surface area contributed by atoms with Crippen LogP contribution in [0.5, 0.6) is 0 Å². The Kier molecular flexibility index (Phi) is 2.69. The summed E-state index contributed by atoms with van der Waals surface area (Å²) in [6, 6.07) is -0.937. The number of amides is 2. The molecule has 0 spiro atoms. The van der Waals surface area contributed by atoms with Gasteiger partial charge in [-0.2, -0.15) is 0 Å². The maximum Gasteiger partial charge on any atom is 0.326 e. The minimum Gasteiger partial charge on any atom is -0.480 e. The van der Waals surface area contributed by atoms with E-state index in [4.69, 9.17) is 5.11 Å². The topological polar surface area (TPSA) is 69.6 Å². The lowest BCUT2D eigenvalue weighted by atomic mass is 10.0. The lowest BCUT2D eigenvalue weighted by molar-refractivity contribution is -0.146. The Morgan fingerprint density at radius 3 is 2.29 bits per heavy atom. The summed E-state index contributed by atoms with van der Waals surface area (Å²) in [4.78, 5) is 23.5. The van der Waals surface area contributed by atoms with Gasteiger partial charge in [0.2, 0.25) is 0 Å². The van der Waals surface area contributed by atoms with Crippen molar-refractivity contribution in [2.45, 2.75) is 38.8 Å². The van der Waals surface area contributed by atoms with E-state index < -0.39 is 12.0 Å². The van der Waals surface area contributed by atoms with Crippen LogP contribution in [0.3, 0.4) is 0 Å². The van der Waals surface area contributed by atoms with Crippen molar-refractivity contribution in [1.29, 1.82) is 0 Å². The second-order valence-corrected chi connectivity index (χ2v) is 4.52. The Morgan fingerprint density at radius 2 is 2.00 bits per heavy atom. The van der Waals surface area contributed by atoms with Gasteiger partial charge in [-0.05, 0) is 27.2 Å². The molecule has 80 valence electrons. The zero-order valence-electron chi connectivity index (χ0n) is 8.70. The number of hydrogen-bond acceptors (Lipinski definition) is 2. The van der Waals surface area contributed by atoms with E-state index >= 15 is 0 Å². The molecule has 2 N–H and O–H groups in total. The molecule has 1 aliphatic rings. The predicted molar refractivity (Wildman–Crippen MR) is 51.0 cm³/mol. The molecule has 1 saturated heterocycles. The number of carbonyl (C=O) groups is 2. The standard InChI is InChI=1S/C9H16N2O3/c1-9(2,3)10-8(14)11-5-4-6(11)7(12)13/h6H,4-5H2,1-3H3,(H,10,14)(H,12,13)/t6-/m0/s1. The molecule has 1 fully saturated rings. The van der Waals surface area contributed by atoms with Gasteiger partial charge in [-0.15, -0.1) is 0 Å². The number of carboxylic acid groups (broad SMARTS) is 1. The highest BCUT2D eigenvalue weighted by Crippen LogP contribution is 2.18. The van der Waals surface area contributed by atoms with Crippen LogP contribution in [0.4, 0.5) is 4.79 Å². The molecule has 5 nitrogen and oxygen atoms in total. The highest BCUT2D eigenvalue weighted by Gasteiger charge is 2.38. The van der Waals surface area contributed by atoms with Crippen LogP contribution in [0.25, 0.3) is 0 Å². The minimum atomic E-state index is -0.930. The summed E-state index contributed by atoms with van der Waals surface area (Å²) in [6.45, 7) is 6.11. The number of rotatable bonds is 1. The van der Waals surface area contributed by atoms with Gasteiger partial charge in [0, 0.05) is 12.1 Å². The molecule has 0 radical (unpaired) electrons. The second kappa shape index (κ2) is 3.48. The summed E-state index contributed by atoms with van der Waals surface area (Å²) in [6.07, 6.45) is 0.549. The first kappa shape index (κ1) is 10.8. The van der Waals surface area contributed by atoms with Crippen molar-refractivity contribution >= 4 is 12.0 Å². The molecule has 0 aromatic heterocycles. The van der Waals surface area contributed by atoms with E-state index in [1.807, 2.05) is 20.8 Å². The van der Waals surface area contributed by atoms with E-state index in [0.29, 0.717) is 13.0 Å². The van der Waals surface area contributed by atoms with Crippen molar-refractivity contribution in [1.82, 2.24) is 10.2 Å². The van der Waals surface area contributed by atoms with Gasteiger partial charge in [-0.25, -0.2) is 9.59 Å². The van der Waals surface area contributed by atoms with Crippen LogP contribution < -0.4 is 5.32 Å². The van der Waals surface area contributed by atoms with Crippen LogP contribution in [0, 0.1) is 0 Å². The molecule has 0 aliphatic carbocycles. The Morgan fingerprint density at radius 1 is 1.43 bits per heavy atom. The fraction of sp³-hybridized carbons (Fsp3) is 0.778. The Labute approximate surface area is 83.1 Å². The van der Waals surface area contributed by atoms with Gasteiger partial charge >= 0.3 is 12.0 Å². The van der Waals surface area contributed by atoms with Gasteiger partial charge in [0.25, 0.3) is 0 Å². The number of urea groups is 1. The third kappa shape index (κ3) is 2.37. The largest absolute Gasteiger partial charge is 0.480 e. The van der Waals surface area contributed by atoms with Gasteiger partial charge in [0.15, 0.2) is 0 Å². The summed E-state index contributed by atoms with van der Waals surface area (Å²) in [5, 5.41) is 11.5. The Hall–Kier alpha value is -1.26. The van der Waals surface area contributed by atoms with Gasteiger partial charge in [-0.3, -0.25) is 0 Å². The maximum atomic E-state index is 11.5. The molecular weight excluding hydrogens is 184 g/mol. The zero-order valence-corrected chi connectivity index (χ0v) is 8.70. The summed E-state index contributed by atoms with van der Waals surface area (Å²) < 4.78 is 0.